The summed E-state index contributed by atoms with van der Waals surface area (Å²) in [4.78, 5) is 21.6. The van der Waals surface area contributed by atoms with Crippen molar-refractivity contribution in [1.82, 2.24) is 0 Å². The molecule has 0 saturated carbocycles. The average molecular weight is 269 g/mol. The van der Waals surface area contributed by atoms with Gasteiger partial charge in [0.25, 0.3) is 0 Å². The number of amides is 1. The zero-order chi connectivity index (χ0) is 13.3. The van der Waals surface area contributed by atoms with Crippen LogP contribution in [0.15, 0.2) is 23.1 Å². The smallest absolute Gasteiger partial charge is 0.304 e. The molecule has 1 amide bonds. The SMILES string of the molecule is O=C(O)CCS(=O)(=O)c1ccc2c(c1)CC(=O)N2. The zero-order valence-corrected chi connectivity index (χ0v) is 10.2. The lowest BCUT2D eigenvalue weighted by Gasteiger charge is -2.05. The molecule has 2 rings (SSSR count). The van der Waals surface area contributed by atoms with Gasteiger partial charge >= 0.3 is 5.97 Å². The van der Waals surface area contributed by atoms with Gasteiger partial charge in [0.2, 0.25) is 5.91 Å². The second kappa shape index (κ2) is 4.41. The summed E-state index contributed by atoms with van der Waals surface area (Å²) in [7, 11) is -3.61. The second-order valence-corrected chi connectivity index (χ2v) is 6.12. The quantitative estimate of drug-likeness (QED) is 0.825. The van der Waals surface area contributed by atoms with Crippen LogP contribution in [-0.2, 0) is 25.8 Å². The molecule has 0 spiro atoms. The number of carbonyl (C=O) groups is 2. The lowest BCUT2D eigenvalue weighted by Crippen LogP contribution is -2.11. The average Bonchev–Trinajstić information content (AvgIpc) is 2.65. The van der Waals surface area contributed by atoms with Crippen molar-refractivity contribution in [3.05, 3.63) is 23.8 Å². The van der Waals surface area contributed by atoms with Crippen LogP contribution in [0.4, 0.5) is 5.69 Å². The predicted molar refractivity (Wildman–Crippen MR) is 63.1 cm³/mol. The van der Waals surface area contributed by atoms with Crippen LogP contribution in [0, 0.1) is 0 Å². The molecule has 6 nitrogen and oxygen atoms in total. The van der Waals surface area contributed by atoms with Crippen LogP contribution in [0.5, 0.6) is 0 Å². The van der Waals surface area contributed by atoms with Crippen LogP contribution in [0.2, 0.25) is 0 Å². The predicted octanol–water partition coefficient (Wildman–Crippen LogP) is 0.430. The van der Waals surface area contributed by atoms with Gasteiger partial charge in [0.05, 0.1) is 23.5 Å². The van der Waals surface area contributed by atoms with Gasteiger partial charge in [-0.2, -0.15) is 0 Å². The Hall–Kier alpha value is -1.89. The van der Waals surface area contributed by atoms with Gasteiger partial charge in [-0.25, -0.2) is 8.42 Å². The van der Waals surface area contributed by atoms with Crippen molar-refractivity contribution in [2.75, 3.05) is 11.1 Å². The number of anilines is 1. The van der Waals surface area contributed by atoms with Gasteiger partial charge in [-0.05, 0) is 23.8 Å². The first-order valence-electron chi connectivity index (χ1n) is 5.26. The Morgan fingerprint density at radius 2 is 2.11 bits per heavy atom. The molecule has 0 saturated heterocycles. The van der Waals surface area contributed by atoms with Gasteiger partial charge in [-0.1, -0.05) is 0 Å². The molecule has 1 heterocycles. The number of nitrogens with one attached hydrogen (secondary N) is 1. The third kappa shape index (κ3) is 2.51. The van der Waals surface area contributed by atoms with Crippen LogP contribution in [0.3, 0.4) is 0 Å². The lowest BCUT2D eigenvalue weighted by atomic mass is 10.2. The van der Waals surface area contributed by atoms with Crippen LogP contribution in [0.25, 0.3) is 0 Å². The first-order chi connectivity index (χ1) is 8.38. The molecule has 0 aromatic heterocycles. The summed E-state index contributed by atoms with van der Waals surface area (Å²) in [6.07, 6.45) is -0.284. The fraction of sp³-hybridized carbons (Fsp3) is 0.273. The summed E-state index contributed by atoms with van der Waals surface area (Å²) in [5.74, 6) is -1.77. The second-order valence-electron chi connectivity index (χ2n) is 4.01. The Bertz CT molecular complexity index is 620. The molecule has 0 unspecified atom stereocenters. The summed E-state index contributed by atoms with van der Waals surface area (Å²) in [5.41, 5.74) is 1.23. The fourth-order valence-electron chi connectivity index (χ4n) is 1.74. The zero-order valence-electron chi connectivity index (χ0n) is 9.34. The Balaban J connectivity index is 2.27. The summed E-state index contributed by atoms with van der Waals surface area (Å²) in [6, 6.07) is 4.32. The van der Waals surface area contributed by atoms with Crippen molar-refractivity contribution < 1.29 is 23.1 Å². The van der Waals surface area contributed by atoms with E-state index in [1.165, 1.54) is 18.2 Å². The molecule has 0 fully saturated rings. The Morgan fingerprint density at radius 1 is 1.39 bits per heavy atom. The number of aliphatic carboxylic acids is 1. The number of fused-ring (bicyclic) bond motifs is 1. The molecule has 1 aromatic carbocycles. The maximum atomic E-state index is 11.8. The van der Waals surface area contributed by atoms with Crippen LogP contribution in [-0.4, -0.2) is 31.2 Å². The summed E-state index contributed by atoms with van der Waals surface area (Å²) < 4.78 is 23.7. The van der Waals surface area contributed by atoms with Gasteiger partial charge in [-0.3, -0.25) is 9.59 Å². The molecular weight excluding hydrogens is 258 g/mol. The van der Waals surface area contributed by atoms with Gasteiger partial charge in [0.15, 0.2) is 9.84 Å². The van der Waals surface area contributed by atoms with Crippen molar-refractivity contribution in [1.29, 1.82) is 0 Å². The maximum absolute atomic E-state index is 11.8. The number of benzene rings is 1. The number of carbonyl (C=O) groups excluding carboxylic acids is 1. The fourth-order valence-corrected chi connectivity index (χ4v) is 3.01. The van der Waals surface area contributed by atoms with Crippen molar-refractivity contribution in [3.63, 3.8) is 0 Å². The van der Waals surface area contributed by atoms with Crippen LogP contribution in [0.1, 0.15) is 12.0 Å². The number of hydrogen-bond donors (Lipinski definition) is 2. The molecule has 0 radical (unpaired) electrons. The third-order valence-corrected chi connectivity index (χ3v) is 4.36. The number of carboxylic acid groups (broad SMARTS) is 1. The highest BCUT2D eigenvalue weighted by Gasteiger charge is 2.22. The normalized spacial score (nSPS) is 14.1. The number of hydrogen-bond acceptors (Lipinski definition) is 4. The first kappa shape index (κ1) is 12.6. The van der Waals surface area contributed by atoms with Crippen molar-refractivity contribution >= 4 is 27.4 Å². The third-order valence-electron chi connectivity index (χ3n) is 2.65. The molecule has 0 bridgehead atoms. The molecule has 1 aromatic rings. The van der Waals surface area contributed by atoms with E-state index in [2.05, 4.69) is 5.32 Å². The van der Waals surface area contributed by atoms with Gasteiger partial charge in [0.1, 0.15) is 0 Å². The highest BCUT2D eigenvalue weighted by Crippen LogP contribution is 2.26. The summed E-state index contributed by atoms with van der Waals surface area (Å²) in [6.45, 7) is 0. The largest absolute Gasteiger partial charge is 0.481 e. The first-order valence-corrected chi connectivity index (χ1v) is 6.91. The Labute approximate surface area is 104 Å². The van der Waals surface area contributed by atoms with E-state index >= 15 is 0 Å². The number of sulfone groups is 1. The molecule has 0 aliphatic carbocycles. The minimum Gasteiger partial charge on any atom is -0.481 e. The van der Waals surface area contributed by atoms with E-state index < -0.39 is 28.0 Å². The molecule has 0 atom stereocenters. The van der Waals surface area contributed by atoms with Crippen molar-refractivity contribution in [2.24, 2.45) is 0 Å². The molecule has 18 heavy (non-hydrogen) atoms. The number of carboxylic acids is 1. The standard InChI is InChI=1S/C11H11NO5S/c13-10-6-7-5-8(1-2-9(7)12-10)18(16,17)4-3-11(14)15/h1-2,5H,3-4,6H2,(H,12,13)(H,14,15). The minimum atomic E-state index is -3.61. The summed E-state index contributed by atoms with van der Waals surface area (Å²) >= 11 is 0. The van der Waals surface area contributed by atoms with Crippen molar-refractivity contribution in [2.45, 2.75) is 17.7 Å². The molecule has 96 valence electrons. The number of rotatable bonds is 4. The van der Waals surface area contributed by atoms with Gasteiger partial charge in [0, 0.05) is 5.69 Å². The Kier molecular flexibility index (Phi) is 3.08. The van der Waals surface area contributed by atoms with Gasteiger partial charge in [-0.15, -0.1) is 0 Å². The van der Waals surface area contributed by atoms with E-state index in [4.69, 9.17) is 5.11 Å². The highest BCUT2D eigenvalue weighted by molar-refractivity contribution is 7.91. The lowest BCUT2D eigenvalue weighted by molar-refractivity contribution is -0.136. The molecular formula is C11H11NO5S. The topological polar surface area (TPSA) is 101 Å². The minimum absolute atomic E-state index is 0.0546. The molecule has 1 aliphatic heterocycles. The van der Waals surface area contributed by atoms with E-state index in [1.807, 2.05) is 0 Å². The highest BCUT2D eigenvalue weighted by atomic mass is 32.2. The van der Waals surface area contributed by atoms with E-state index in [0.29, 0.717) is 11.3 Å². The van der Waals surface area contributed by atoms with Crippen LogP contribution < -0.4 is 5.32 Å². The molecule has 1 aliphatic rings. The monoisotopic (exact) mass is 269 g/mol. The van der Waals surface area contributed by atoms with E-state index in [1.54, 1.807) is 0 Å². The Morgan fingerprint density at radius 3 is 2.78 bits per heavy atom. The van der Waals surface area contributed by atoms with E-state index in [-0.39, 0.29) is 17.2 Å². The molecule has 7 heteroatoms. The summed E-state index contributed by atoms with van der Waals surface area (Å²) in [5, 5.41) is 11.1. The van der Waals surface area contributed by atoms with Crippen molar-refractivity contribution in [3.8, 4) is 0 Å². The maximum Gasteiger partial charge on any atom is 0.304 e. The van der Waals surface area contributed by atoms with E-state index in [0.717, 1.165) is 0 Å². The molecule has 2 N–H and O–H groups in total. The van der Waals surface area contributed by atoms with Gasteiger partial charge < -0.3 is 10.4 Å². The van der Waals surface area contributed by atoms with Crippen LogP contribution >= 0.6 is 0 Å². The van der Waals surface area contributed by atoms with E-state index in [9.17, 15) is 18.0 Å².